The molecule has 0 amide bonds. The molecule has 1 aromatic rings. The number of phenolic OH excluding ortho intramolecular Hbond substituents is 1. The number of aromatic hydroxyl groups is 1. The Hall–Kier alpha value is -1.46. The molecule has 1 aliphatic heterocycles. The fourth-order valence-electron chi connectivity index (χ4n) is 1.99. The number of hydrogen-bond acceptors (Lipinski definition) is 5. The Morgan fingerprint density at radius 1 is 1.20 bits per heavy atom. The second-order valence-electron chi connectivity index (χ2n) is 4.83. The molecule has 5 nitrogen and oxygen atoms in total. The van der Waals surface area contributed by atoms with E-state index < -0.39 is 0 Å². The second kappa shape index (κ2) is 7.97. The molecule has 1 aromatic carbocycles. The number of benzene rings is 1. The first kappa shape index (κ1) is 14.9. The van der Waals surface area contributed by atoms with Crippen molar-refractivity contribution in [2.24, 2.45) is 0 Å². The number of unbranched alkanes of at least 4 members (excludes halogenated alkanes) is 1. The Labute approximate surface area is 119 Å². The predicted molar refractivity (Wildman–Crippen MR) is 76.3 cm³/mol. The van der Waals surface area contributed by atoms with Gasteiger partial charge in [-0.15, -0.1) is 0 Å². The van der Waals surface area contributed by atoms with E-state index in [0.717, 1.165) is 38.2 Å². The van der Waals surface area contributed by atoms with Crippen molar-refractivity contribution in [3.8, 4) is 17.2 Å². The van der Waals surface area contributed by atoms with E-state index in [2.05, 4.69) is 12.2 Å². The summed E-state index contributed by atoms with van der Waals surface area (Å²) in [5.74, 6) is 1.54. The van der Waals surface area contributed by atoms with Gasteiger partial charge in [-0.25, -0.2) is 0 Å². The van der Waals surface area contributed by atoms with E-state index in [-0.39, 0.29) is 12.5 Å². The maximum Gasteiger partial charge on any atom is 0.231 e. The van der Waals surface area contributed by atoms with E-state index >= 15 is 0 Å². The highest BCUT2D eigenvalue weighted by Crippen LogP contribution is 2.37. The summed E-state index contributed by atoms with van der Waals surface area (Å²) in [6.45, 7) is 5.47. The minimum absolute atomic E-state index is 0.223. The van der Waals surface area contributed by atoms with E-state index in [1.54, 1.807) is 6.07 Å². The van der Waals surface area contributed by atoms with Crippen LogP contribution in [0.3, 0.4) is 0 Å². The average Bonchev–Trinajstić information content (AvgIpc) is 2.88. The minimum atomic E-state index is 0.223. The second-order valence-corrected chi connectivity index (χ2v) is 4.83. The summed E-state index contributed by atoms with van der Waals surface area (Å²) in [6.07, 6.45) is 3.26. The zero-order valence-electron chi connectivity index (χ0n) is 12.0. The normalized spacial score (nSPS) is 12.8. The monoisotopic (exact) mass is 281 g/mol. The Bertz CT molecular complexity index is 423. The Balaban J connectivity index is 1.64. The van der Waals surface area contributed by atoms with Crippen molar-refractivity contribution < 1.29 is 19.3 Å². The Morgan fingerprint density at radius 3 is 2.75 bits per heavy atom. The summed E-state index contributed by atoms with van der Waals surface area (Å²) in [5, 5.41) is 13.2. The van der Waals surface area contributed by atoms with Gasteiger partial charge in [0.15, 0.2) is 11.5 Å². The van der Waals surface area contributed by atoms with Gasteiger partial charge in [-0.3, -0.25) is 0 Å². The maximum absolute atomic E-state index is 9.87. The minimum Gasteiger partial charge on any atom is -0.507 e. The molecule has 1 aliphatic rings. The first-order chi connectivity index (χ1) is 9.81. The zero-order valence-corrected chi connectivity index (χ0v) is 12.0. The molecule has 0 atom stereocenters. The van der Waals surface area contributed by atoms with Crippen LogP contribution in [0, 0.1) is 0 Å². The van der Waals surface area contributed by atoms with Crippen molar-refractivity contribution in [3.63, 3.8) is 0 Å². The van der Waals surface area contributed by atoms with Gasteiger partial charge >= 0.3 is 0 Å². The van der Waals surface area contributed by atoms with Gasteiger partial charge in [-0.05, 0) is 25.5 Å². The molecule has 0 fully saturated rings. The van der Waals surface area contributed by atoms with Gasteiger partial charge in [0.05, 0.1) is 0 Å². The highest BCUT2D eigenvalue weighted by atomic mass is 16.7. The van der Waals surface area contributed by atoms with Crippen molar-refractivity contribution >= 4 is 0 Å². The SMILES string of the molecule is CCCCOCCCNCc1cc2c(cc1O)OCO2. The van der Waals surface area contributed by atoms with Crippen molar-refractivity contribution in [2.45, 2.75) is 32.7 Å². The van der Waals surface area contributed by atoms with E-state index in [4.69, 9.17) is 14.2 Å². The fraction of sp³-hybridized carbons (Fsp3) is 0.600. The van der Waals surface area contributed by atoms with Crippen molar-refractivity contribution in [1.29, 1.82) is 0 Å². The third-order valence-corrected chi connectivity index (χ3v) is 3.17. The average molecular weight is 281 g/mol. The van der Waals surface area contributed by atoms with Gasteiger partial charge in [0.25, 0.3) is 0 Å². The van der Waals surface area contributed by atoms with Gasteiger partial charge in [-0.2, -0.15) is 0 Å². The Morgan fingerprint density at radius 2 is 1.95 bits per heavy atom. The quantitative estimate of drug-likeness (QED) is 0.681. The van der Waals surface area contributed by atoms with Gasteiger partial charge in [0.1, 0.15) is 5.75 Å². The van der Waals surface area contributed by atoms with Crippen LogP contribution in [0.5, 0.6) is 17.2 Å². The molecule has 0 saturated carbocycles. The number of rotatable bonds is 9. The molecule has 0 spiro atoms. The van der Waals surface area contributed by atoms with E-state index in [1.165, 1.54) is 6.42 Å². The first-order valence-corrected chi connectivity index (χ1v) is 7.21. The number of fused-ring (bicyclic) bond motifs is 1. The summed E-state index contributed by atoms with van der Waals surface area (Å²) < 4.78 is 16.0. The molecule has 0 bridgehead atoms. The standard InChI is InChI=1S/C15H23NO4/c1-2-3-6-18-7-4-5-16-10-12-8-14-15(9-13(12)17)20-11-19-14/h8-9,16-17H,2-7,10-11H2,1H3. The third kappa shape index (κ3) is 4.28. The van der Waals surface area contributed by atoms with Crippen molar-refractivity contribution in [2.75, 3.05) is 26.6 Å². The summed E-state index contributed by atoms with van der Waals surface area (Å²) in [6, 6.07) is 3.43. The molecule has 0 radical (unpaired) electrons. The van der Waals surface area contributed by atoms with Crippen LogP contribution in [0.15, 0.2) is 12.1 Å². The molecule has 20 heavy (non-hydrogen) atoms. The van der Waals surface area contributed by atoms with Crippen LogP contribution in [0.1, 0.15) is 31.7 Å². The molecule has 5 heteroatoms. The predicted octanol–water partition coefficient (Wildman–Crippen LogP) is 2.42. The highest BCUT2D eigenvalue weighted by Gasteiger charge is 2.16. The molecule has 112 valence electrons. The van der Waals surface area contributed by atoms with E-state index in [9.17, 15) is 5.11 Å². The van der Waals surface area contributed by atoms with Crippen LogP contribution in [0.2, 0.25) is 0 Å². The van der Waals surface area contributed by atoms with Gasteiger partial charge in [-0.1, -0.05) is 13.3 Å². The zero-order chi connectivity index (χ0) is 14.2. The van der Waals surface area contributed by atoms with Crippen LogP contribution in [0.25, 0.3) is 0 Å². The lowest BCUT2D eigenvalue weighted by molar-refractivity contribution is 0.128. The topological polar surface area (TPSA) is 60.0 Å². The maximum atomic E-state index is 9.87. The van der Waals surface area contributed by atoms with Gasteiger partial charge in [0, 0.05) is 31.4 Å². The molecular formula is C15H23NO4. The van der Waals surface area contributed by atoms with Crippen LogP contribution in [-0.4, -0.2) is 31.7 Å². The molecule has 0 aliphatic carbocycles. The summed E-state index contributed by atoms with van der Waals surface area (Å²) >= 11 is 0. The number of phenols is 1. The molecule has 2 N–H and O–H groups in total. The summed E-state index contributed by atoms with van der Waals surface area (Å²) in [4.78, 5) is 0. The summed E-state index contributed by atoms with van der Waals surface area (Å²) in [5.41, 5.74) is 0.821. The molecule has 1 heterocycles. The van der Waals surface area contributed by atoms with Crippen molar-refractivity contribution in [3.05, 3.63) is 17.7 Å². The number of ether oxygens (including phenoxy) is 3. The number of nitrogens with one attached hydrogen (secondary N) is 1. The van der Waals surface area contributed by atoms with E-state index in [1.807, 2.05) is 6.07 Å². The molecule has 0 unspecified atom stereocenters. The van der Waals surface area contributed by atoms with Crippen molar-refractivity contribution in [1.82, 2.24) is 5.32 Å². The third-order valence-electron chi connectivity index (χ3n) is 3.17. The van der Waals surface area contributed by atoms with E-state index in [0.29, 0.717) is 18.0 Å². The van der Waals surface area contributed by atoms with Gasteiger partial charge < -0.3 is 24.6 Å². The number of hydrogen-bond donors (Lipinski definition) is 2. The molecular weight excluding hydrogens is 258 g/mol. The van der Waals surface area contributed by atoms with Crippen LogP contribution >= 0.6 is 0 Å². The summed E-state index contributed by atoms with van der Waals surface area (Å²) in [7, 11) is 0. The van der Waals surface area contributed by atoms with Crippen LogP contribution < -0.4 is 14.8 Å². The Kier molecular flexibility index (Phi) is 5.95. The first-order valence-electron chi connectivity index (χ1n) is 7.21. The fourth-order valence-corrected chi connectivity index (χ4v) is 1.99. The lowest BCUT2D eigenvalue weighted by atomic mass is 10.1. The lowest BCUT2D eigenvalue weighted by Gasteiger charge is -2.08. The highest BCUT2D eigenvalue weighted by molar-refractivity contribution is 5.51. The molecule has 2 rings (SSSR count). The van der Waals surface area contributed by atoms with Gasteiger partial charge in [0.2, 0.25) is 6.79 Å². The smallest absolute Gasteiger partial charge is 0.231 e. The molecule has 0 saturated heterocycles. The van der Waals surface area contributed by atoms with Crippen LogP contribution in [0.4, 0.5) is 0 Å². The van der Waals surface area contributed by atoms with Crippen LogP contribution in [-0.2, 0) is 11.3 Å². The largest absolute Gasteiger partial charge is 0.507 e. The molecule has 0 aromatic heterocycles. The lowest BCUT2D eigenvalue weighted by Crippen LogP contribution is -2.16.